The van der Waals surface area contributed by atoms with E-state index in [4.69, 9.17) is 10.5 Å². The van der Waals surface area contributed by atoms with E-state index in [1.54, 1.807) is 6.07 Å². The minimum atomic E-state index is 0.492. The van der Waals surface area contributed by atoms with Crippen molar-refractivity contribution in [3.05, 3.63) is 11.9 Å². The second kappa shape index (κ2) is 6.70. The van der Waals surface area contributed by atoms with Gasteiger partial charge in [0.25, 0.3) is 0 Å². The van der Waals surface area contributed by atoms with Crippen LogP contribution >= 0.6 is 0 Å². The molecule has 1 aliphatic heterocycles. The number of aromatic nitrogens is 2. The number of nitrogen functional groups attached to an aromatic ring is 1. The quantitative estimate of drug-likeness (QED) is 0.850. The second-order valence-electron chi connectivity index (χ2n) is 5.21. The first-order chi connectivity index (χ1) is 9.19. The zero-order chi connectivity index (χ0) is 13.7. The van der Waals surface area contributed by atoms with Crippen LogP contribution in [0.2, 0.25) is 0 Å². The highest BCUT2D eigenvalue weighted by atomic mass is 16.5. The molecule has 2 N–H and O–H groups in total. The van der Waals surface area contributed by atoms with Gasteiger partial charge in [-0.15, -0.1) is 0 Å². The van der Waals surface area contributed by atoms with Crippen molar-refractivity contribution in [1.82, 2.24) is 14.9 Å². The number of rotatable bonds is 6. The van der Waals surface area contributed by atoms with Crippen LogP contribution in [-0.4, -0.2) is 41.1 Å². The van der Waals surface area contributed by atoms with Gasteiger partial charge in [-0.05, 0) is 39.3 Å². The number of aryl methyl sites for hydroxylation is 1. The summed E-state index contributed by atoms with van der Waals surface area (Å²) in [4.78, 5) is 11.0. The highest BCUT2D eigenvalue weighted by Crippen LogP contribution is 2.18. The summed E-state index contributed by atoms with van der Waals surface area (Å²) in [5, 5.41) is 0. The van der Waals surface area contributed by atoms with Crippen LogP contribution < -0.4 is 10.5 Å². The SMILES string of the molecule is CCCc1nc(N)cc(OCCC2CCCN2C)n1. The summed E-state index contributed by atoms with van der Waals surface area (Å²) in [7, 11) is 2.18. The van der Waals surface area contributed by atoms with Gasteiger partial charge in [0.05, 0.1) is 6.61 Å². The Hall–Kier alpha value is -1.36. The molecule has 0 bridgehead atoms. The molecule has 5 nitrogen and oxygen atoms in total. The maximum Gasteiger partial charge on any atom is 0.218 e. The lowest BCUT2D eigenvalue weighted by Crippen LogP contribution is -2.26. The van der Waals surface area contributed by atoms with Crippen molar-refractivity contribution in [2.24, 2.45) is 0 Å². The molecule has 0 spiro atoms. The van der Waals surface area contributed by atoms with Crippen molar-refractivity contribution in [1.29, 1.82) is 0 Å². The minimum absolute atomic E-state index is 0.492. The summed E-state index contributed by atoms with van der Waals surface area (Å²) in [5.74, 6) is 1.87. The molecular weight excluding hydrogens is 240 g/mol. The van der Waals surface area contributed by atoms with Gasteiger partial charge in [0.2, 0.25) is 5.88 Å². The first-order valence-electron chi connectivity index (χ1n) is 7.15. The van der Waals surface area contributed by atoms with Crippen LogP contribution in [0, 0.1) is 0 Å². The van der Waals surface area contributed by atoms with Crippen LogP contribution in [0.1, 0.15) is 38.4 Å². The summed E-state index contributed by atoms with van der Waals surface area (Å²) in [5.41, 5.74) is 5.77. The van der Waals surface area contributed by atoms with Crippen molar-refractivity contribution in [2.75, 3.05) is 25.9 Å². The maximum atomic E-state index is 5.77. The number of ether oxygens (including phenoxy) is 1. The van der Waals surface area contributed by atoms with E-state index in [2.05, 4.69) is 28.8 Å². The summed E-state index contributed by atoms with van der Waals surface area (Å²) in [6, 6.07) is 2.35. The van der Waals surface area contributed by atoms with Crippen LogP contribution in [0.25, 0.3) is 0 Å². The average Bonchev–Trinajstić information content (AvgIpc) is 2.75. The van der Waals surface area contributed by atoms with Gasteiger partial charge < -0.3 is 15.4 Å². The highest BCUT2D eigenvalue weighted by molar-refractivity contribution is 5.32. The fourth-order valence-electron chi connectivity index (χ4n) is 2.55. The monoisotopic (exact) mass is 264 g/mol. The summed E-state index contributed by atoms with van der Waals surface area (Å²) < 4.78 is 5.73. The zero-order valence-electron chi connectivity index (χ0n) is 11.9. The Balaban J connectivity index is 1.84. The molecule has 1 unspecified atom stereocenters. The number of hydrogen-bond acceptors (Lipinski definition) is 5. The Morgan fingerprint density at radius 2 is 2.32 bits per heavy atom. The lowest BCUT2D eigenvalue weighted by Gasteiger charge is -2.19. The van der Waals surface area contributed by atoms with E-state index in [9.17, 15) is 0 Å². The first kappa shape index (κ1) is 14.1. The maximum absolute atomic E-state index is 5.77. The average molecular weight is 264 g/mol. The van der Waals surface area contributed by atoms with E-state index in [0.717, 1.165) is 25.1 Å². The first-order valence-corrected chi connectivity index (χ1v) is 7.15. The molecule has 1 saturated heterocycles. The normalized spacial score (nSPS) is 19.8. The van der Waals surface area contributed by atoms with Crippen molar-refractivity contribution >= 4 is 5.82 Å². The van der Waals surface area contributed by atoms with Gasteiger partial charge in [-0.3, -0.25) is 0 Å². The molecule has 1 atom stereocenters. The molecule has 19 heavy (non-hydrogen) atoms. The Bertz CT molecular complexity index is 410. The number of hydrogen-bond donors (Lipinski definition) is 1. The number of nitrogens with zero attached hydrogens (tertiary/aromatic N) is 3. The summed E-state index contributed by atoms with van der Waals surface area (Å²) in [6.45, 7) is 3.99. The molecule has 2 heterocycles. The Morgan fingerprint density at radius 3 is 3.00 bits per heavy atom. The van der Waals surface area contributed by atoms with E-state index in [1.807, 2.05) is 0 Å². The minimum Gasteiger partial charge on any atom is -0.477 e. The molecule has 0 aliphatic carbocycles. The van der Waals surface area contributed by atoms with Crippen molar-refractivity contribution in [3.63, 3.8) is 0 Å². The molecule has 0 radical (unpaired) electrons. The standard InChI is InChI=1S/C14H24N4O/c1-3-5-13-16-12(15)10-14(17-13)19-9-7-11-6-4-8-18(11)2/h10-11H,3-9H2,1-2H3,(H2,15,16,17). The predicted octanol–water partition coefficient (Wildman–Crippen LogP) is 1.87. The molecule has 1 aliphatic rings. The van der Waals surface area contributed by atoms with E-state index in [1.165, 1.54) is 19.4 Å². The number of anilines is 1. The Labute approximate surface area is 115 Å². The van der Waals surface area contributed by atoms with Crippen molar-refractivity contribution < 1.29 is 4.74 Å². The molecule has 0 aromatic carbocycles. The van der Waals surface area contributed by atoms with Gasteiger partial charge in [0, 0.05) is 18.5 Å². The summed E-state index contributed by atoms with van der Waals surface area (Å²) in [6.07, 6.45) is 5.46. The number of nitrogens with two attached hydrogens (primary N) is 1. The second-order valence-corrected chi connectivity index (χ2v) is 5.21. The van der Waals surface area contributed by atoms with Gasteiger partial charge in [-0.25, -0.2) is 4.98 Å². The van der Waals surface area contributed by atoms with E-state index in [0.29, 0.717) is 24.3 Å². The van der Waals surface area contributed by atoms with Crippen molar-refractivity contribution in [3.8, 4) is 5.88 Å². The molecule has 1 aromatic heterocycles. The van der Waals surface area contributed by atoms with E-state index < -0.39 is 0 Å². The molecule has 1 aromatic rings. The van der Waals surface area contributed by atoms with Crippen LogP contribution in [0.15, 0.2) is 6.07 Å². The molecule has 0 saturated carbocycles. The van der Waals surface area contributed by atoms with Crippen molar-refractivity contribution in [2.45, 2.75) is 45.1 Å². The molecule has 106 valence electrons. The Morgan fingerprint density at radius 1 is 1.47 bits per heavy atom. The topological polar surface area (TPSA) is 64.3 Å². The van der Waals surface area contributed by atoms with Crippen LogP contribution in [0.3, 0.4) is 0 Å². The zero-order valence-corrected chi connectivity index (χ0v) is 11.9. The third-order valence-electron chi connectivity index (χ3n) is 3.61. The largest absolute Gasteiger partial charge is 0.477 e. The third-order valence-corrected chi connectivity index (χ3v) is 3.61. The van der Waals surface area contributed by atoms with E-state index >= 15 is 0 Å². The summed E-state index contributed by atoms with van der Waals surface area (Å²) >= 11 is 0. The van der Waals surface area contributed by atoms with E-state index in [-0.39, 0.29) is 0 Å². The molecule has 5 heteroatoms. The van der Waals surface area contributed by atoms with Crippen LogP contribution in [0.5, 0.6) is 5.88 Å². The van der Waals surface area contributed by atoms with Gasteiger partial charge in [0.15, 0.2) is 0 Å². The van der Waals surface area contributed by atoms with Crippen LogP contribution in [0.4, 0.5) is 5.82 Å². The van der Waals surface area contributed by atoms with Gasteiger partial charge in [-0.1, -0.05) is 6.92 Å². The highest BCUT2D eigenvalue weighted by Gasteiger charge is 2.20. The van der Waals surface area contributed by atoms with Gasteiger partial charge in [-0.2, -0.15) is 4.98 Å². The molecule has 2 rings (SSSR count). The Kier molecular flexibility index (Phi) is 4.96. The fourth-order valence-corrected chi connectivity index (χ4v) is 2.55. The lowest BCUT2D eigenvalue weighted by molar-refractivity contribution is 0.228. The smallest absolute Gasteiger partial charge is 0.218 e. The lowest BCUT2D eigenvalue weighted by atomic mass is 10.1. The molecular formula is C14H24N4O. The molecule has 0 amide bonds. The predicted molar refractivity (Wildman–Crippen MR) is 76.2 cm³/mol. The fraction of sp³-hybridized carbons (Fsp3) is 0.714. The van der Waals surface area contributed by atoms with Gasteiger partial charge >= 0.3 is 0 Å². The third kappa shape index (κ3) is 4.06. The van der Waals surface area contributed by atoms with Crippen LogP contribution in [-0.2, 0) is 6.42 Å². The van der Waals surface area contributed by atoms with Gasteiger partial charge in [0.1, 0.15) is 11.6 Å². The number of likely N-dealkylation sites (tertiary alicyclic amines) is 1. The molecule has 1 fully saturated rings.